The molecule has 0 bridgehead atoms. The number of carbonyl (C=O) groups is 2. The lowest BCUT2D eigenvalue weighted by Crippen LogP contribution is -2.23. The van der Waals surface area contributed by atoms with E-state index in [2.05, 4.69) is 10.3 Å². The molecule has 0 aliphatic heterocycles. The lowest BCUT2D eigenvalue weighted by atomic mass is 9.87. The van der Waals surface area contributed by atoms with Crippen molar-refractivity contribution in [3.05, 3.63) is 54.2 Å². The molecule has 152 valence electrons. The van der Waals surface area contributed by atoms with E-state index >= 15 is 0 Å². The summed E-state index contributed by atoms with van der Waals surface area (Å²) in [5.74, 6) is 0.214. The van der Waals surface area contributed by atoms with Crippen LogP contribution in [0.1, 0.15) is 50.0 Å². The molecule has 0 radical (unpaired) electrons. The predicted molar refractivity (Wildman–Crippen MR) is 109 cm³/mol. The first-order valence-electron chi connectivity index (χ1n) is 10.0. The summed E-state index contributed by atoms with van der Waals surface area (Å²) in [6.07, 6.45) is 5.46. The number of aromatic nitrogens is 1. The van der Waals surface area contributed by atoms with Crippen LogP contribution in [0, 0.1) is 5.92 Å². The van der Waals surface area contributed by atoms with Crippen LogP contribution in [-0.4, -0.2) is 30.3 Å². The van der Waals surface area contributed by atoms with Crippen molar-refractivity contribution in [2.45, 2.75) is 54.6 Å². The third-order valence-corrected chi connectivity index (χ3v) is 8.00. The van der Waals surface area contributed by atoms with Crippen LogP contribution in [0.4, 0.5) is 5.82 Å². The summed E-state index contributed by atoms with van der Waals surface area (Å²) in [7, 11) is -3.26. The number of ketones is 1. The molecule has 2 saturated carbocycles. The van der Waals surface area contributed by atoms with Gasteiger partial charge in [0.25, 0.3) is 0 Å². The molecule has 4 rings (SSSR count). The van der Waals surface area contributed by atoms with Gasteiger partial charge in [0.1, 0.15) is 11.6 Å². The molecule has 0 spiro atoms. The summed E-state index contributed by atoms with van der Waals surface area (Å²) in [5, 5.41) is 2.58. The topological polar surface area (TPSA) is 93.2 Å². The molecule has 0 saturated heterocycles. The summed E-state index contributed by atoms with van der Waals surface area (Å²) in [5.41, 5.74) is 0.757. The molecular formula is C22H24N2O4S. The Bertz CT molecular complexity index is 999. The van der Waals surface area contributed by atoms with Gasteiger partial charge in [-0.3, -0.25) is 9.59 Å². The average Bonchev–Trinajstić information content (AvgIpc) is 3.50. The standard InChI is InChI=1S/C22H24N2O4S/c25-17-7-4-15(13-17)14-20(22(26)24-21-3-1-2-12-23-21)16-5-8-18(9-6-16)29(27,28)19-10-11-19/h1-3,5-6,8-9,12,15,19-20H,4,7,10-11,13-14H2,(H,23,24,26)/t15-,20+/m0/s1. The number of hydrogen-bond donors (Lipinski definition) is 1. The number of sulfone groups is 1. The molecule has 1 aromatic carbocycles. The van der Waals surface area contributed by atoms with Crippen molar-refractivity contribution in [1.82, 2.24) is 4.98 Å². The Kier molecular flexibility index (Phi) is 5.50. The Morgan fingerprint density at radius 1 is 1.10 bits per heavy atom. The van der Waals surface area contributed by atoms with Crippen molar-refractivity contribution in [1.29, 1.82) is 0 Å². The Morgan fingerprint density at radius 2 is 1.86 bits per heavy atom. The van der Waals surface area contributed by atoms with E-state index in [1.54, 1.807) is 48.7 Å². The monoisotopic (exact) mass is 412 g/mol. The second-order valence-corrected chi connectivity index (χ2v) is 10.2. The van der Waals surface area contributed by atoms with Gasteiger partial charge in [0.15, 0.2) is 9.84 Å². The zero-order valence-electron chi connectivity index (χ0n) is 16.1. The molecule has 29 heavy (non-hydrogen) atoms. The first kappa shape index (κ1) is 19.8. The summed E-state index contributed by atoms with van der Waals surface area (Å²) in [6.45, 7) is 0. The van der Waals surface area contributed by atoms with Gasteiger partial charge in [-0.25, -0.2) is 13.4 Å². The first-order valence-corrected chi connectivity index (χ1v) is 11.6. The van der Waals surface area contributed by atoms with Gasteiger partial charge in [0, 0.05) is 19.0 Å². The highest BCUT2D eigenvalue weighted by molar-refractivity contribution is 7.92. The van der Waals surface area contributed by atoms with E-state index in [0.717, 1.165) is 24.8 Å². The van der Waals surface area contributed by atoms with Gasteiger partial charge in [0.05, 0.1) is 16.1 Å². The number of amides is 1. The van der Waals surface area contributed by atoms with Gasteiger partial charge in [-0.1, -0.05) is 18.2 Å². The van der Waals surface area contributed by atoms with E-state index < -0.39 is 15.8 Å². The lowest BCUT2D eigenvalue weighted by molar-refractivity contribution is -0.119. The molecule has 1 N–H and O–H groups in total. The van der Waals surface area contributed by atoms with Crippen LogP contribution in [0.5, 0.6) is 0 Å². The quantitative estimate of drug-likeness (QED) is 0.751. The van der Waals surface area contributed by atoms with Gasteiger partial charge in [-0.2, -0.15) is 0 Å². The number of anilines is 1. The Morgan fingerprint density at radius 3 is 2.45 bits per heavy atom. The van der Waals surface area contributed by atoms with Gasteiger partial charge >= 0.3 is 0 Å². The van der Waals surface area contributed by atoms with Gasteiger partial charge in [-0.15, -0.1) is 0 Å². The molecule has 6 nitrogen and oxygen atoms in total. The van der Waals surface area contributed by atoms with E-state index in [9.17, 15) is 18.0 Å². The third-order valence-electron chi connectivity index (χ3n) is 5.72. The second-order valence-electron chi connectivity index (χ2n) is 7.95. The summed E-state index contributed by atoms with van der Waals surface area (Å²) >= 11 is 0. The van der Waals surface area contributed by atoms with Crippen LogP contribution >= 0.6 is 0 Å². The predicted octanol–water partition coefficient (Wildman–Crippen LogP) is 3.50. The van der Waals surface area contributed by atoms with Crippen LogP contribution in [0.2, 0.25) is 0 Å². The molecular weight excluding hydrogens is 388 g/mol. The number of Topliss-reactive ketones (excluding diaryl/α,β-unsaturated/α-hetero) is 1. The zero-order chi connectivity index (χ0) is 20.4. The normalized spacial score (nSPS) is 20.4. The summed E-state index contributed by atoms with van der Waals surface area (Å²) in [6, 6.07) is 12.0. The van der Waals surface area contributed by atoms with Crippen molar-refractivity contribution in [2.24, 2.45) is 5.92 Å². The maximum Gasteiger partial charge on any atom is 0.233 e. The maximum absolute atomic E-state index is 13.0. The fraction of sp³-hybridized carbons (Fsp3) is 0.409. The van der Waals surface area contributed by atoms with Crippen molar-refractivity contribution in [3.63, 3.8) is 0 Å². The molecule has 2 aromatic rings. The number of hydrogen-bond acceptors (Lipinski definition) is 5. The van der Waals surface area contributed by atoms with Crippen LogP contribution in [0.3, 0.4) is 0 Å². The number of benzene rings is 1. The molecule has 1 amide bonds. The van der Waals surface area contributed by atoms with Gasteiger partial charge in [-0.05, 0) is 61.4 Å². The maximum atomic E-state index is 13.0. The van der Waals surface area contributed by atoms with Crippen LogP contribution in [-0.2, 0) is 19.4 Å². The third kappa shape index (κ3) is 4.56. The summed E-state index contributed by atoms with van der Waals surface area (Å²) in [4.78, 5) is 29.2. The lowest BCUT2D eigenvalue weighted by Gasteiger charge is -2.20. The van der Waals surface area contributed by atoms with E-state index in [1.807, 2.05) is 0 Å². The SMILES string of the molecule is O=C1CC[C@H](C[C@@H](C(=O)Nc2ccccn2)c2ccc(S(=O)(=O)C3CC3)cc2)C1. The van der Waals surface area contributed by atoms with Crippen molar-refractivity contribution in [2.75, 3.05) is 5.32 Å². The highest BCUT2D eigenvalue weighted by Crippen LogP contribution is 2.36. The average molecular weight is 413 g/mol. The minimum Gasteiger partial charge on any atom is -0.310 e. The Hall–Kier alpha value is -2.54. The zero-order valence-corrected chi connectivity index (χ0v) is 16.9. The van der Waals surface area contributed by atoms with Crippen molar-refractivity contribution >= 4 is 27.3 Å². The van der Waals surface area contributed by atoms with Crippen molar-refractivity contribution < 1.29 is 18.0 Å². The summed E-state index contributed by atoms with van der Waals surface area (Å²) < 4.78 is 24.9. The van der Waals surface area contributed by atoms with Crippen LogP contribution in [0.15, 0.2) is 53.6 Å². The molecule has 2 atom stereocenters. The number of pyridine rings is 1. The molecule has 2 fully saturated rings. The van der Waals surface area contributed by atoms with E-state index in [1.165, 1.54) is 0 Å². The largest absolute Gasteiger partial charge is 0.310 e. The van der Waals surface area contributed by atoms with E-state index in [0.29, 0.717) is 30.0 Å². The minimum atomic E-state index is -3.26. The van der Waals surface area contributed by atoms with Gasteiger partial charge < -0.3 is 5.32 Å². The molecule has 0 unspecified atom stereocenters. The highest BCUT2D eigenvalue weighted by atomic mass is 32.2. The minimum absolute atomic E-state index is 0.164. The van der Waals surface area contributed by atoms with E-state index in [4.69, 9.17) is 0 Å². The number of nitrogens with zero attached hydrogens (tertiary/aromatic N) is 1. The van der Waals surface area contributed by atoms with E-state index in [-0.39, 0.29) is 22.9 Å². The number of carbonyl (C=O) groups excluding carboxylic acids is 2. The molecule has 1 aromatic heterocycles. The Balaban J connectivity index is 1.57. The molecule has 7 heteroatoms. The fourth-order valence-corrected chi connectivity index (χ4v) is 5.59. The first-order chi connectivity index (χ1) is 13.9. The highest BCUT2D eigenvalue weighted by Gasteiger charge is 2.37. The number of rotatable bonds is 7. The fourth-order valence-electron chi connectivity index (χ4n) is 3.93. The Labute approximate surface area is 170 Å². The number of nitrogens with one attached hydrogen (secondary N) is 1. The molecule has 2 aliphatic rings. The van der Waals surface area contributed by atoms with Crippen LogP contribution < -0.4 is 5.32 Å². The van der Waals surface area contributed by atoms with Crippen molar-refractivity contribution in [3.8, 4) is 0 Å². The van der Waals surface area contributed by atoms with Crippen LogP contribution in [0.25, 0.3) is 0 Å². The molecule has 2 aliphatic carbocycles. The van der Waals surface area contributed by atoms with Gasteiger partial charge in [0.2, 0.25) is 5.91 Å². The second kappa shape index (κ2) is 8.06. The smallest absolute Gasteiger partial charge is 0.233 e. The molecule has 1 heterocycles.